The molecule has 45 heavy (non-hydrogen) atoms. The molecule has 4 atom stereocenters. The SMILES string of the molecule is CCC(C)CCCc1ccc(C2CC=C(CCCOCCCC3=CCC(c4ccc(CCCC(C)CC)cc4)CC3)CC2)cc1. The molecule has 2 aliphatic carbocycles. The summed E-state index contributed by atoms with van der Waals surface area (Å²) in [6.45, 7) is 11.2. The Morgan fingerprint density at radius 1 is 0.578 bits per heavy atom. The normalized spacial score (nSPS) is 20.0. The van der Waals surface area contributed by atoms with Crippen LogP contribution in [0.2, 0.25) is 0 Å². The molecular formula is C44H66O. The number of aryl methyl sites for hydroxylation is 2. The fourth-order valence-electron chi connectivity index (χ4n) is 7.37. The van der Waals surface area contributed by atoms with Crippen molar-refractivity contribution < 1.29 is 4.74 Å². The summed E-state index contributed by atoms with van der Waals surface area (Å²) in [5.74, 6) is 3.14. The zero-order valence-electron chi connectivity index (χ0n) is 29.6. The maximum Gasteiger partial charge on any atom is 0.0469 e. The van der Waals surface area contributed by atoms with Gasteiger partial charge in [0.05, 0.1) is 0 Å². The van der Waals surface area contributed by atoms with Gasteiger partial charge in [-0.15, -0.1) is 0 Å². The summed E-state index contributed by atoms with van der Waals surface area (Å²) < 4.78 is 6.06. The predicted molar refractivity (Wildman–Crippen MR) is 196 cm³/mol. The van der Waals surface area contributed by atoms with E-state index in [2.05, 4.69) is 88.4 Å². The lowest BCUT2D eigenvalue weighted by molar-refractivity contribution is 0.129. The first-order chi connectivity index (χ1) is 22.0. The van der Waals surface area contributed by atoms with E-state index in [1.165, 1.54) is 127 Å². The number of rotatable bonds is 20. The maximum absolute atomic E-state index is 6.06. The third kappa shape index (κ3) is 12.9. The molecule has 0 saturated carbocycles. The zero-order chi connectivity index (χ0) is 31.7. The molecule has 0 N–H and O–H groups in total. The third-order valence-electron chi connectivity index (χ3n) is 11.2. The van der Waals surface area contributed by atoms with Crippen LogP contribution in [0.1, 0.15) is 165 Å². The fraction of sp³-hybridized carbons (Fsp3) is 0.636. The summed E-state index contributed by atoms with van der Waals surface area (Å²) in [5, 5.41) is 0. The first kappa shape index (κ1) is 35.7. The van der Waals surface area contributed by atoms with Gasteiger partial charge in [0.2, 0.25) is 0 Å². The van der Waals surface area contributed by atoms with Crippen molar-refractivity contribution in [1.29, 1.82) is 0 Å². The van der Waals surface area contributed by atoms with Crippen molar-refractivity contribution in [2.75, 3.05) is 13.2 Å². The van der Waals surface area contributed by atoms with Gasteiger partial charge >= 0.3 is 0 Å². The molecule has 4 unspecified atom stereocenters. The molecule has 0 bridgehead atoms. The lowest BCUT2D eigenvalue weighted by Crippen LogP contribution is -2.06. The van der Waals surface area contributed by atoms with Gasteiger partial charge in [0.1, 0.15) is 0 Å². The first-order valence-corrected chi connectivity index (χ1v) is 19.1. The average Bonchev–Trinajstić information content (AvgIpc) is 3.09. The Kier molecular flexibility index (Phi) is 16.0. The highest BCUT2D eigenvalue weighted by Gasteiger charge is 2.17. The summed E-state index contributed by atoms with van der Waals surface area (Å²) in [5.41, 5.74) is 9.43. The summed E-state index contributed by atoms with van der Waals surface area (Å²) >= 11 is 0. The van der Waals surface area contributed by atoms with Gasteiger partial charge in [0.25, 0.3) is 0 Å². The highest BCUT2D eigenvalue weighted by Crippen LogP contribution is 2.35. The van der Waals surface area contributed by atoms with E-state index in [1.54, 1.807) is 22.3 Å². The average molecular weight is 611 g/mol. The van der Waals surface area contributed by atoms with Crippen molar-refractivity contribution >= 4 is 0 Å². The number of ether oxygens (including phenoxy) is 1. The lowest BCUT2D eigenvalue weighted by Gasteiger charge is -2.23. The van der Waals surface area contributed by atoms with Gasteiger partial charge in [-0.25, -0.2) is 0 Å². The second-order valence-corrected chi connectivity index (χ2v) is 14.8. The van der Waals surface area contributed by atoms with Gasteiger partial charge in [-0.2, -0.15) is 0 Å². The number of hydrogen-bond acceptors (Lipinski definition) is 1. The van der Waals surface area contributed by atoms with Crippen LogP contribution in [0.4, 0.5) is 0 Å². The van der Waals surface area contributed by atoms with Crippen LogP contribution in [0, 0.1) is 11.8 Å². The summed E-state index contributed by atoms with van der Waals surface area (Å²) in [4.78, 5) is 0. The van der Waals surface area contributed by atoms with Crippen molar-refractivity contribution in [3.63, 3.8) is 0 Å². The molecule has 0 amide bonds. The van der Waals surface area contributed by atoms with E-state index in [1.807, 2.05) is 0 Å². The van der Waals surface area contributed by atoms with Crippen molar-refractivity contribution in [1.82, 2.24) is 0 Å². The standard InChI is InChI=1S/C44H66O/c1-5-35(3)11-7-13-37-17-25-41(26-18-37)43-29-21-39(22-30-43)15-9-33-45-34-10-16-40-23-31-44(32-24-40)42-27-19-38(20-28-42)14-8-12-36(4)6-2/h17-21,23,25-28,35-36,43-44H,5-16,22,24,29-34H2,1-4H3. The largest absolute Gasteiger partial charge is 0.381 e. The number of allylic oxidation sites excluding steroid dienone is 4. The molecule has 248 valence electrons. The van der Waals surface area contributed by atoms with E-state index in [-0.39, 0.29) is 0 Å². The van der Waals surface area contributed by atoms with Crippen LogP contribution in [0.5, 0.6) is 0 Å². The summed E-state index contributed by atoms with van der Waals surface area (Å²) in [6.07, 6.45) is 27.8. The molecule has 0 aliphatic heterocycles. The Bertz CT molecular complexity index is 1040. The Labute approximate surface area is 278 Å². The molecule has 4 rings (SSSR count). The molecule has 1 nitrogen and oxygen atoms in total. The quantitative estimate of drug-likeness (QED) is 0.107. The monoisotopic (exact) mass is 611 g/mol. The van der Waals surface area contributed by atoms with Crippen LogP contribution in [-0.2, 0) is 17.6 Å². The Balaban J connectivity index is 1.03. The predicted octanol–water partition coefficient (Wildman–Crippen LogP) is 13.1. The third-order valence-corrected chi connectivity index (χ3v) is 11.2. The highest BCUT2D eigenvalue weighted by atomic mass is 16.5. The van der Waals surface area contributed by atoms with Gasteiger partial charge in [0, 0.05) is 13.2 Å². The molecule has 0 radical (unpaired) electrons. The van der Waals surface area contributed by atoms with E-state index in [4.69, 9.17) is 4.74 Å². The van der Waals surface area contributed by atoms with Crippen LogP contribution < -0.4 is 0 Å². The lowest BCUT2D eigenvalue weighted by atomic mass is 9.83. The Morgan fingerprint density at radius 2 is 1.00 bits per heavy atom. The molecule has 2 aromatic carbocycles. The molecule has 0 fully saturated rings. The van der Waals surface area contributed by atoms with Gasteiger partial charge in [0.15, 0.2) is 0 Å². The second kappa shape index (κ2) is 20.2. The number of hydrogen-bond donors (Lipinski definition) is 0. The van der Waals surface area contributed by atoms with Gasteiger partial charge < -0.3 is 4.74 Å². The molecule has 0 saturated heterocycles. The number of benzene rings is 2. The molecule has 0 heterocycles. The van der Waals surface area contributed by atoms with Crippen LogP contribution in [0.15, 0.2) is 71.8 Å². The summed E-state index contributed by atoms with van der Waals surface area (Å²) in [6, 6.07) is 19.2. The molecule has 0 spiro atoms. The Hall–Kier alpha value is -2.12. The van der Waals surface area contributed by atoms with Crippen LogP contribution in [0.3, 0.4) is 0 Å². The fourth-order valence-corrected chi connectivity index (χ4v) is 7.37. The van der Waals surface area contributed by atoms with Gasteiger partial charge in [-0.05, 0) is 136 Å². The van der Waals surface area contributed by atoms with E-state index in [0.29, 0.717) is 11.8 Å². The minimum absolute atomic E-state index is 0.707. The smallest absolute Gasteiger partial charge is 0.0469 e. The first-order valence-electron chi connectivity index (χ1n) is 19.1. The highest BCUT2D eigenvalue weighted by molar-refractivity contribution is 5.29. The summed E-state index contributed by atoms with van der Waals surface area (Å²) in [7, 11) is 0. The second-order valence-electron chi connectivity index (χ2n) is 14.8. The topological polar surface area (TPSA) is 9.23 Å². The van der Waals surface area contributed by atoms with Crippen LogP contribution >= 0.6 is 0 Å². The maximum atomic E-state index is 6.06. The minimum Gasteiger partial charge on any atom is -0.381 e. The van der Waals surface area contributed by atoms with Crippen LogP contribution in [-0.4, -0.2) is 13.2 Å². The molecule has 2 aromatic rings. The van der Waals surface area contributed by atoms with Crippen molar-refractivity contribution in [3.05, 3.63) is 94.1 Å². The Morgan fingerprint density at radius 3 is 1.36 bits per heavy atom. The van der Waals surface area contributed by atoms with E-state index in [0.717, 1.165) is 25.0 Å². The minimum atomic E-state index is 0.707. The van der Waals surface area contributed by atoms with E-state index in [9.17, 15) is 0 Å². The van der Waals surface area contributed by atoms with E-state index < -0.39 is 0 Å². The van der Waals surface area contributed by atoms with Crippen molar-refractivity contribution in [2.24, 2.45) is 11.8 Å². The molecule has 1 heteroatoms. The van der Waals surface area contributed by atoms with Crippen molar-refractivity contribution in [2.45, 2.75) is 155 Å². The molecule has 0 aromatic heterocycles. The van der Waals surface area contributed by atoms with E-state index >= 15 is 0 Å². The van der Waals surface area contributed by atoms with Crippen molar-refractivity contribution in [3.8, 4) is 0 Å². The molecule has 2 aliphatic rings. The molecular weight excluding hydrogens is 544 g/mol. The van der Waals surface area contributed by atoms with Crippen LogP contribution in [0.25, 0.3) is 0 Å². The van der Waals surface area contributed by atoms with Gasteiger partial charge in [-0.1, -0.05) is 125 Å². The van der Waals surface area contributed by atoms with Gasteiger partial charge in [-0.3, -0.25) is 0 Å². The zero-order valence-corrected chi connectivity index (χ0v) is 29.6.